The molecule has 0 aliphatic rings. The zero-order chi connectivity index (χ0) is 15.0. The van der Waals surface area contributed by atoms with Crippen molar-refractivity contribution in [3.63, 3.8) is 0 Å². The average molecular weight is 304 g/mol. The van der Waals surface area contributed by atoms with Gasteiger partial charge in [-0.15, -0.1) is 0 Å². The smallest absolute Gasteiger partial charge is 0.263 e. The molecule has 3 N–H and O–H groups in total. The summed E-state index contributed by atoms with van der Waals surface area (Å²) in [6.45, 7) is 2.06. The Kier molecular flexibility index (Phi) is 3.48. The largest absolute Gasteiger partial charge is 0.347 e. The Hall–Kier alpha value is -2.18. The van der Waals surface area contributed by atoms with Gasteiger partial charge in [0.05, 0.1) is 28.5 Å². The highest BCUT2D eigenvalue weighted by molar-refractivity contribution is 6.35. The lowest BCUT2D eigenvalue weighted by atomic mass is 10.2. The topological polar surface area (TPSA) is 89.6 Å². The van der Waals surface area contributed by atoms with Gasteiger partial charge < -0.3 is 10.7 Å². The zero-order valence-corrected chi connectivity index (χ0v) is 12.1. The number of nitrogens with zero attached hydrogens (tertiary/aromatic N) is 3. The molecular formula is C14H14ClN5O. The van der Waals surface area contributed by atoms with Crippen LogP contribution in [0.3, 0.4) is 0 Å². The summed E-state index contributed by atoms with van der Waals surface area (Å²) in [6, 6.07) is 4.82. The summed E-state index contributed by atoms with van der Waals surface area (Å²) in [7, 11) is 0. The molecule has 1 atom stereocenters. The van der Waals surface area contributed by atoms with Crippen molar-refractivity contribution in [2.24, 2.45) is 5.73 Å². The second kappa shape index (κ2) is 5.31. The fourth-order valence-electron chi connectivity index (χ4n) is 2.28. The number of benzene rings is 1. The van der Waals surface area contributed by atoms with E-state index in [2.05, 4.69) is 15.0 Å². The van der Waals surface area contributed by atoms with Crippen molar-refractivity contribution in [3.8, 4) is 0 Å². The fourth-order valence-corrected chi connectivity index (χ4v) is 2.53. The highest BCUT2D eigenvalue weighted by atomic mass is 35.5. The van der Waals surface area contributed by atoms with Crippen LogP contribution >= 0.6 is 11.6 Å². The standard InChI is InChI=1S/C14H14ClN5O/c1-8(16)13-19-10-4-2-3-9(15)12(10)14(21)20(13)7-11-17-5-6-18-11/h2-6,8H,7,16H2,1H3,(H,17,18). The van der Waals surface area contributed by atoms with E-state index in [1.807, 2.05) is 0 Å². The molecule has 2 heterocycles. The van der Waals surface area contributed by atoms with E-state index in [9.17, 15) is 4.79 Å². The van der Waals surface area contributed by atoms with E-state index < -0.39 is 0 Å². The summed E-state index contributed by atoms with van der Waals surface area (Å²) in [6.07, 6.45) is 3.33. The fraction of sp³-hybridized carbons (Fsp3) is 0.214. The number of aromatic amines is 1. The first-order chi connectivity index (χ1) is 10.1. The summed E-state index contributed by atoms with van der Waals surface area (Å²) in [5, 5.41) is 0.782. The van der Waals surface area contributed by atoms with Crippen LogP contribution in [0.4, 0.5) is 0 Å². The lowest BCUT2D eigenvalue weighted by molar-refractivity contribution is 0.608. The maximum absolute atomic E-state index is 12.7. The minimum absolute atomic E-state index is 0.214. The van der Waals surface area contributed by atoms with Gasteiger partial charge in [0.15, 0.2) is 0 Å². The van der Waals surface area contributed by atoms with Crippen molar-refractivity contribution in [3.05, 3.63) is 57.6 Å². The monoisotopic (exact) mass is 303 g/mol. The Labute approximate surface area is 125 Å². The molecule has 3 aromatic rings. The van der Waals surface area contributed by atoms with Crippen molar-refractivity contribution in [1.29, 1.82) is 0 Å². The third kappa shape index (κ3) is 2.43. The van der Waals surface area contributed by atoms with Gasteiger partial charge in [-0.1, -0.05) is 17.7 Å². The molecule has 0 spiro atoms. The molecule has 21 heavy (non-hydrogen) atoms. The normalized spacial score (nSPS) is 12.7. The number of nitrogens with one attached hydrogen (secondary N) is 1. The maximum atomic E-state index is 12.7. The number of aromatic nitrogens is 4. The molecule has 7 heteroatoms. The summed E-state index contributed by atoms with van der Waals surface area (Å²) in [5.74, 6) is 1.17. The maximum Gasteiger partial charge on any atom is 0.263 e. The molecular weight excluding hydrogens is 290 g/mol. The molecule has 0 aliphatic heterocycles. The molecule has 108 valence electrons. The van der Waals surface area contributed by atoms with Gasteiger partial charge >= 0.3 is 0 Å². The third-order valence-electron chi connectivity index (χ3n) is 3.23. The number of H-pyrrole nitrogens is 1. The third-order valence-corrected chi connectivity index (χ3v) is 3.55. The van der Waals surface area contributed by atoms with E-state index in [1.54, 1.807) is 37.5 Å². The quantitative estimate of drug-likeness (QED) is 0.772. The van der Waals surface area contributed by atoms with Crippen molar-refractivity contribution in [2.75, 3.05) is 0 Å². The first-order valence-electron chi connectivity index (χ1n) is 6.50. The van der Waals surface area contributed by atoms with Crippen LogP contribution < -0.4 is 11.3 Å². The second-order valence-electron chi connectivity index (χ2n) is 4.82. The number of halogens is 1. The van der Waals surface area contributed by atoms with E-state index in [0.717, 1.165) is 0 Å². The average Bonchev–Trinajstić information content (AvgIpc) is 2.94. The van der Waals surface area contributed by atoms with Gasteiger partial charge in [-0.25, -0.2) is 9.97 Å². The Bertz CT molecular complexity index is 838. The SMILES string of the molecule is CC(N)c1nc2cccc(Cl)c2c(=O)n1Cc1ncc[nH]1. The van der Waals surface area contributed by atoms with Gasteiger partial charge in [0.1, 0.15) is 11.6 Å². The lowest BCUT2D eigenvalue weighted by Crippen LogP contribution is -2.29. The van der Waals surface area contributed by atoms with Crippen LogP contribution in [0.1, 0.15) is 24.6 Å². The highest BCUT2D eigenvalue weighted by Crippen LogP contribution is 2.20. The predicted octanol–water partition coefficient (Wildman–Crippen LogP) is 1.84. The minimum Gasteiger partial charge on any atom is -0.347 e. The molecule has 2 aromatic heterocycles. The number of imidazole rings is 1. The van der Waals surface area contributed by atoms with E-state index in [0.29, 0.717) is 27.6 Å². The van der Waals surface area contributed by atoms with Crippen LogP contribution in [0, 0.1) is 0 Å². The molecule has 1 aromatic carbocycles. The van der Waals surface area contributed by atoms with E-state index in [-0.39, 0.29) is 18.1 Å². The van der Waals surface area contributed by atoms with Crippen molar-refractivity contribution in [2.45, 2.75) is 19.5 Å². The molecule has 0 saturated heterocycles. The van der Waals surface area contributed by atoms with Gasteiger partial charge in [0, 0.05) is 12.4 Å². The van der Waals surface area contributed by atoms with Crippen molar-refractivity contribution >= 4 is 22.5 Å². The molecule has 0 amide bonds. The van der Waals surface area contributed by atoms with Crippen LogP contribution in [0.15, 0.2) is 35.4 Å². The van der Waals surface area contributed by atoms with Crippen LogP contribution in [-0.4, -0.2) is 19.5 Å². The number of fused-ring (bicyclic) bond motifs is 1. The van der Waals surface area contributed by atoms with Gasteiger partial charge in [0.25, 0.3) is 5.56 Å². The van der Waals surface area contributed by atoms with E-state index in [1.165, 1.54) is 4.57 Å². The van der Waals surface area contributed by atoms with Crippen LogP contribution in [-0.2, 0) is 6.54 Å². The van der Waals surface area contributed by atoms with Crippen LogP contribution in [0.5, 0.6) is 0 Å². The summed E-state index contributed by atoms with van der Waals surface area (Å²) >= 11 is 6.14. The minimum atomic E-state index is -0.379. The molecule has 3 rings (SSSR count). The predicted molar refractivity (Wildman–Crippen MR) is 81.3 cm³/mol. The molecule has 0 fully saturated rings. The Balaban J connectivity index is 2.29. The summed E-state index contributed by atoms with van der Waals surface area (Å²) in [4.78, 5) is 24.3. The molecule has 1 unspecified atom stereocenters. The molecule has 6 nitrogen and oxygen atoms in total. The molecule has 0 radical (unpaired) electrons. The second-order valence-corrected chi connectivity index (χ2v) is 5.23. The number of hydrogen-bond acceptors (Lipinski definition) is 4. The van der Waals surface area contributed by atoms with Gasteiger partial charge in [-0.2, -0.15) is 0 Å². The first-order valence-corrected chi connectivity index (χ1v) is 6.88. The first kappa shape index (κ1) is 13.8. The van der Waals surface area contributed by atoms with Gasteiger partial charge in [-0.3, -0.25) is 9.36 Å². The lowest BCUT2D eigenvalue weighted by Gasteiger charge is -2.15. The van der Waals surface area contributed by atoms with Gasteiger partial charge in [-0.05, 0) is 19.1 Å². The zero-order valence-electron chi connectivity index (χ0n) is 11.4. The molecule has 0 aliphatic carbocycles. The Morgan fingerprint density at radius 3 is 2.95 bits per heavy atom. The van der Waals surface area contributed by atoms with E-state index >= 15 is 0 Å². The van der Waals surface area contributed by atoms with Crippen LogP contribution in [0.2, 0.25) is 5.02 Å². The summed E-state index contributed by atoms with van der Waals surface area (Å²) in [5.41, 5.74) is 6.29. The molecule has 0 bridgehead atoms. The highest BCUT2D eigenvalue weighted by Gasteiger charge is 2.16. The van der Waals surface area contributed by atoms with E-state index in [4.69, 9.17) is 17.3 Å². The number of hydrogen-bond donors (Lipinski definition) is 2. The Morgan fingerprint density at radius 2 is 2.29 bits per heavy atom. The van der Waals surface area contributed by atoms with Crippen molar-refractivity contribution in [1.82, 2.24) is 19.5 Å². The Morgan fingerprint density at radius 1 is 1.48 bits per heavy atom. The number of nitrogens with two attached hydrogens (primary N) is 1. The summed E-state index contributed by atoms with van der Waals surface area (Å²) < 4.78 is 1.51. The number of rotatable bonds is 3. The van der Waals surface area contributed by atoms with Gasteiger partial charge in [0.2, 0.25) is 0 Å². The molecule has 0 saturated carbocycles. The van der Waals surface area contributed by atoms with Crippen molar-refractivity contribution < 1.29 is 0 Å². The van der Waals surface area contributed by atoms with Crippen LogP contribution in [0.25, 0.3) is 10.9 Å².